The van der Waals surface area contributed by atoms with Crippen molar-refractivity contribution in [1.29, 1.82) is 0 Å². The van der Waals surface area contributed by atoms with Gasteiger partial charge < -0.3 is 14.4 Å². The van der Waals surface area contributed by atoms with Gasteiger partial charge in [-0.25, -0.2) is 4.68 Å². The maximum atomic E-state index is 14.0. The molecule has 1 aliphatic rings. The van der Waals surface area contributed by atoms with Gasteiger partial charge in [-0.3, -0.25) is 9.59 Å². The van der Waals surface area contributed by atoms with Gasteiger partial charge in [0.2, 0.25) is 0 Å². The quantitative estimate of drug-likeness (QED) is 0.462. The van der Waals surface area contributed by atoms with E-state index in [-0.39, 0.29) is 23.2 Å². The highest BCUT2D eigenvalue weighted by atomic mass is 32.1. The predicted molar refractivity (Wildman–Crippen MR) is 127 cm³/mol. The van der Waals surface area contributed by atoms with Crippen LogP contribution in [0.4, 0.5) is 0 Å². The monoisotopic (exact) mass is 461 g/mol. The molecule has 0 fully saturated rings. The van der Waals surface area contributed by atoms with Crippen LogP contribution >= 0.6 is 11.3 Å². The predicted octanol–water partition coefficient (Wildman–Crippen LogP) is 3.80. The van der Waals surface area contributed by atoms with Gasteiger partial charge in [0.1, 0.15) is 0 Å². The molecule has 0 saturated heterocycles. The van der Waals surface area contributed by atoms with Crippen LogP contribution in [0.15, 0.2) is 58.7 Å². The number of fused-ring (bicyclic) bond motifs is 2. The van der Waals surface area contributed by atoms with Crippen LogP contribution < -0.4 is 15.0 Å². The summed E-state index contributed by atoms with van der Waals surface area (Å²) in [6, 6.07) is 14.8. The average Bonchev–Trinajstić information content (AvgIpc) is 3.38. The van der Waals surface area contributed by atoms with Gasteiger partial charge in [-0.15, -0.1) is 11.3 Å². The summed E-state index contributed by atoms with van der Waals surface area (Å²) in [5.74, 6) is 1.09. The lowest BCUT2D eigenvalue weighted by Gasteiger charge is -2.37. The second-order valence-corrected chi connectivity index (χ2v) is 8.87. The van der Waals surface area contributed by atoms with E-state index in [1.807, 2.05) is 40.6 Å². The summed E-state index contributed by atoms with van der Waals surface area (Å²) in [5.41, 5.74) is 2.17. The molecule has 0 radical (unpaired) electrons. The number of hydrogen-bond donors (Lipinski definition) is 0. The van der Waals surface area contributed by atoms with Gasteiger partial charge in [0.25, 0.3) is 11.5 Å². The zero-order chi connectivity index (χ0) is 23.1. The van der Waals surface area contributed by atoms with E-state index < -0.39 is 0 Å². The molecule has 8 heteroatoms. The van der Waals surface area contributed by atoms with Crippen LogP contribution in [-0.2, 0) is 13.5 Å². The molecule has 7 nitrogen and oxygen atoms in total. The van der Waals surface area contributed by atoms with Crippen molar-refractivity contribution in [2.24, 2.45) is 7.05 Å². The lowest BCUT2D eigenvalue weighted by molar-refractivity contribution is 0.0690. The Morgan fingerprint density at radius 1 is 1.06 bits per heavy atom. The molecule has 0 spiro atoms. The SMILES string of the molecule is COc1cc2c(cc1OC)C(c1cccs1)N(C(=O)c1nn(C)c(=O)c3ccccc13)CC2. The van der Waals surface area contributed by atoms with Crippen molar-refractivity contribution >= 4 is 28.0 Å². The topological polar surface area (TPSA) is 73.7 Å². The number of hydrogen-bond acceptors (Lipinski definition) is 6. The number of aromatic nitrogens is 2. The van der Waals surface area contributed by atoms with Crippen molar-refractivity contribution in [3.8, 4) is 11.5 Å². The number of aryl methyl sites for hydroxylation is 1. The van der Waals surface area contributed by atoms with E-state index in [4.69, 9.17) is 9.47 Å². The number of carbonyl (C=O) groups is 1. The Hall–Kier alpha value is -3.65. The molecule has 168 valence electrons. The van der Waals surface area contributed by atoms with Crippen molar-refractivity contribution in [1.82, 2.24) is 14.7 Å². The van der Waals surface area contributed by atoms with E-state index in [0.717, 1.165) is 16.0 Å². The number of rotatable bonds is 4. The van der Waals surface area contributed by atoms with Gasteiger partial charge in [-0.2, -0.15) is 5.10 Å². The normalized spacial score (nSPS) is 15.4. The van der Waals surface area contributed by atoms with Crippen molar-refractivity contribution in [2.45, 2.75) is 12.5 Å². The molecule has 33 heavy (non-hydrogen) atoms. The molecule has 1 amide bonds. The lowest BCUT2D eigenvalue weighted by Crippen LogP contribution is -2.41. The summed E-state index contributed by atoms with van der Waals surface area (Å²) in [6.45, 7) is 0.517. The molecule has 5 rings (SSSR count). The van der Waals surface area contributed by atoms with Gasteiger partial charge in [-0.1, -0.05) is 24.3 Å². The Morgan fingerprint density at radius 3 is 2.48 bits per heavy atom. The van der Waals surface area contributed by atoms with Crippen LogP contribution in [-0.4, -0.2) is 41.4 Å². The van der Waals surface area contributed by atoms with E-state index in [1.165, 1.54) is 4.68 Å². The Balaban J connectivity index is 1.68. The summed E-state index contributed by atoms with van der Waals surface area (Å²) >= 11 is 1.60. The molecular weight excluding hydrogens is 438 g/mol. The van der Waals surface area contributed by atoms with Crippen molar-refractivity contribution in [3.05, 3.63) is 86.0 Å². The third-order valence-corrected chi connectivity index (χ3v) is 7.03. The maximum absolute atomic E-state index is 14.0. The van der Waals surface area contributed by atoms with Gasteiger partial charge in [0.05, 0.1) is 25.6 Å². The highest BCUT2D eigenvalue weighted by Gasteiger charge is 2.35. The number of nitrogens with zero attached hydrogens (tertiary/aromatic N) is 3. The number of ether oxygens (including phenoxy) is 2. The molecule has 1 atom stereocenters. The summed E-state index contributed by atoms with van der Waals surface area (Å²) in [4.78, 5) is 29.4. The van der Waals surface area contributed by atoms with Crippen LogP contribution in [0.25, 0.3) is 10.8 Å². The first-order valence-electron chi connectivity index (χ1n) is 10.6. The highest BCUT2D eigenvalue weighted by Crippen LogP contribution is 2.42. The Labute approximate surface area is 194 Å². The Kier molecular flexibility index (Phi) is 5.38. The fourth-order valence-corrected chi connectivity index (χ4v) is 5.37. The molecule has 4 aromatic rings. The minimum Gasteiger partial charge on any atom is -0.493 e. The number of carbonyl (C=O) groups excluding carboxylic acids is 1. The first-order valence-corrected chi connectivity index (χ1v) is 11.5. The summed E-state index contributed by atoms with van der Waals surface area (Å²) in [5, 5.41) is 7.43. The fraction of sp³-hybridized carbons (Fsp3) is 0.240. The highest BCUT2D eigenvalue weighted by molar-refractivity contribution is 7.10. The third-order valence-electron chi connectivity index (χ3n) is 6.11. The number of amides is 1. The lowest BCUT2D eigenvalue weighted by atomic mass is 9.90. The summed E-state index contributed by atoms with van der Waals surface area (Å²) in [7, 11) is 4.80. The first-order chi connectivity index (χ1) is 16.0. The van der Waals surface area contributed by atoms with Crippen LogP contribution in [0.1, 0.15) is 32.5 Å². The first kappa shape index (κ1) is 21.2. The minimum atomic E-state index is -0.293. The zero-order valence-electron chi connectivity index (χ0n) is 18.6. The molecular formula is C25H23N3O4S. The van der Waals surface area contributed by atoms with Crippen LogP contribution in [0.5, 0.6) is 11.5 Å². The van der Waals surface area contributed by atoms with E-state index in [1.54, 1.807) is 50.8 Å². The van der Waals surface area contributed by atoms with Crippen LogP contribution in [0.3, 0.4) is 0 Å². The van der Waals surface area contributed by atoms with E-state index >= 15 is 0 Å². The van der Waals surface area contributed by atoms with E-state index in [2.05, 4.69) is 5.10 Å². The van der Waals surface area contributed by atoms with Crippen molar-refractivity contribution in [3.63, 3.8) is 0 Å². The largest absolute Gasteiger partial charge is 0.493 e. The molecule has 2 aromatic carbocycles. The summed E-state index contributed by atoms with van der Waals surface area (Å²) in [6.07, 6.45) is 0.674. The van der Waals surface area contributed by atoms with Gasteiger partial charge in [0, 0.05) is 23.9 Å². The molecule has 0 N–H and O–H groups in total. The zero-order valence-corrected chi connectivity index (χ0v) is 19.4. The second-order valence-electron chi connectivity index (χ2n) is 7.90. The van der Waals surface area contributed by atoms with Gasteiger partial charge in [0.15, 0.2) is 17.2 Å². The average molecular weight is 462 g/mol. The Bertz CT molecular complexity index is 1410. The van der Waals surface area contributed by atoms with Gasteiger partial charge in [-0.05, 0) is 47.2 Å². The standard InChI is InChI=1S/C25H23N3O4S/c1-27-24(29)17-8-5-4-7-16(17)22(26-27)25(30)28-11-10-15-13-19(31-2)20(32-3)14-18(15)23(28)21-9-6-12-33-21/h4-9,12-14,23H,10-11H2,1-3H3. The number of benzene rings is 2. The third kappa shape index (κ3) is 3.47. The van der Waals surface area contributed by atoms with Crippen LogP contribution in [0, 0.1) is 0 Å². The molecule has 0 saturated carbocycles. The molecule has 0 aliphatic carbocycles. The molecule has 0 bridgehead atoms. The van der Waals surface area contributed by atoms with Gasteiger partial charge >= 0.3 is 0 Å². The fourth-order valence-electron chi connectivity index (χ4n) is 4.51. The molecule has 2 aromatic heterocycles. The number of thiophene rings is 1. The summed E-state index contributed by atoms with van der Waals surface area (Å²) < 4.78 is 12.3. The molecule has 3 heterocycles. The van der Waals surface area contributed by atoms with Crippen LogP contribution in [0.2, 0.25) is 0 Å². The second kappa shape index (κ2) is 8.37. The smallest absolute Gasteiger partial charge is 0.275 e. The minimum absolute atomic E-state index is 0.208. The maximum Gasteiger partial charge on any atom is 0.275 e. The molecule has 1 unspecified atom stereocenters. The van der Waals surface area contributed by atoms with Crippen molar-refractivity contribution in [2.75, 3.05) is 20.8 Å². The van der Waals surface area contributed by atoms with E-state index in [0.29, 0.717) is 35.2 Å². The van der Waals surface area contributed by atoms with E-state index in [9.17, 15) is 9.59 Å². The Morgan fingerprint density at radius 2 is 1.79 bits per heavy atom. The molecule has 1 aliphatic heterocycles. The number of methoxy groups -OCH3 is 2. The van der Waals surface area contributed by atoms with Crippen molar-refractivity contribution < 1.29 is 14.3 Å².